The molecule has 0 aliphatic heterocycles. The van der Waals surface area contributed by atoms with E-state index in [0.29, 0.717) is 26.2 Å². The van der Waals surface area contributed by atoms with Crippen LogP contribution in [0.4, 0.5) is 0 Å². The Bertz CT molecular complexity index is 333. The Labute approximate surface area is 116 Å². The standard InChI is InChI=1S/C16H26O3/c1-5-17-15(18-6-2)13-16(4,19-7-3)14-11-9-8-10-12-14/h8-12,15H,5-7,13H2,1-4H3. The fourth-order valence-corrected chi connectivity index (χ4v) is 2.23. The van der Waals surface area contributed by atoms with Gasteiger partial charge in [0.2, 0.25) is 0 Å². The van der Waals surface area contributed by atoms with Crippen LogP contribution in [0.5, 0.6) is 0 Å². The van der Waals surface area contributed by atoms with E-state index in [4.69, 9.17) is 14.2 Å². The van der Waals surface area contributed by atoms with Gasteiger partial charge < -0.3 is 14.2 Å². The molecule has 1 rings (SSSR count). The van der Waals surface area contributed by atoms with E-state index >= 15 is 0 Å². The fraction of sp³-hybridized carbons (Fsp3) is 0.625. The van der Waals surface area contributed by atoms with E-state index in [-0.39, 0.29) is 11.9 Å². The van der Waals surface area contributed by atoms with E-state index in [0.717, 1.165) is 5.56 Å². The summed E-state index contributed by atoms with van der Waals surface area (Å²) in [5, 5.41) is 0. The van der Waals surface area contributed by atoms with Gasteiger partial charge in [0, 0.05) is 26.2 Å². The summed E-state index contributed by atoms with van der Waals surface area (Å²) < 4.78 is 17.3. The van der Waals surface area contributed by atoms with E-state index in [1.54, 1.807) is 0 Å². The Morgan fingerprint density at radius 2 is 1.53 bits per heavy atom. The minimum Gasteiger partial charge on any atom is -0.371 e. The number of ether oxygens (including phenoxy) is 3. The van der Waals surface area contributed by atoms with Crippen LogP contribution in [0, 0.1) is 0 Å². The molecule has 0 fully saturated rings. The molecular formula is C16H26O3. The van der Waals surface area contributed by atoms with Crippen LogP contribution in [-0.4, -0.2) is 26.1 Å². The fourth-order valence-electron chi connectivity index (χ4n) is 2.23. The average Bonchev–Trinajstić information content (AvgIpc) is 2.40. The molecule has 0 heterocycles. The SMILES string of the molecule is CCOC(CC(C)(OCC)c1ccccc1)OCC. The lowest BCUT2D eigenvalue weighted by Crippen LogP contribution is -2.33. The van der Waals surface area contributed by atoms with Crippen LogP contribution in [0.2, 0.25) is 0 Å². The van der Waals surface area contributed by atoms with Crippen LogP contribution in [0.1, 0.15) is 39.7 Å². The molecule has 0 N–H and O–H groups in total. The number of benzene rings is 1. The molecule has 3 nitrogen and oxygen atoms in total. The van der Waals surface area contributed by atoms with Crippen LogP contribution in [0.3, 0.4) is 0 Å². The molecule has 0 bridgehead atoms. The molecule has 1 atom stereocenters. The van der Waals surface area contributed by atoms with Crippen molar-refractivity contribution in [3.05, 3.63) is 35.9 Å². The van der Waals surface area contributed by atoms with Gasteiger partial charge in [-0.1, -0.05) is 30.3 Å². The highest BCUT2D eigenvalue weighted by Crippen LogP contribution is 2.31. The van der Waals surface area contributed by atoms with Crippen LogP contribution in [0.25, 0.3) is 0 Å². The first-order valence-electron chi connectivity index (χ1n) is 7.09. The van der Waals surface area contributed by atoms with Crippen LogP contribution < -0.4 is 0 Å². The molecule has 1 aromatic rings. The Kier molecular flexibility index (Phi) is 7.06. The summed E-state index contributed by atoms with van der Waals surface area (Å²) in [6.07, 6.45) is 0.457. The molecule has 0 aliphatic rings. The van der Waals surface area contributed by atoms with Gasteiger partial charge >= 0.3 is 0 Å². The molecule has 1 unspecified atom stereocenters. The van der Waals surface area contributed by atoms with Gasteiger partial charge in [0.15, 0.2) is 6.29 Å². The Morgan fingerprint density at radius 3 is 2.00 bits per heavy atom. The van der Waals surface area contributed by atoms with Gasteiger partial charge in [-0.3, -0.25) is 0 Å². The van der Waals surface area contributed by atoms with Crippen molar-refractivity contribution in [3.63, 3.8) is 0 Å². The topological polar surface area (TPSA) is 27.7 Å². The van der Waals surface area contributed by atoms with Gasteiger partial charge in [-0.2, -0.15) is 0 Å². The summed E-state index contributed by atoms with van der Waals surface area (Å²) in [6.45, 7) is 10.0. The number of rotatable bonds is 9. The lowest BCUT2D eigenvalue weighted by Gasteiger charge is -2.33. The zero-order valence-electron chi connectivity index (χ0n) is 12.5. The highest BCUT2D eigenvalue weighted by atomic mass is 16.7. The average molecular weight is 266 g/mol. The van der Waals surface area contributed by atoms with E-state index in [9.17, 15) is 0 Å². The van der Waals surface area contributed by atoms with Crippen molar-refractivity contribution in [1.82, 2.24) is 0 Å². The first-order chi connectivity index (χ1) is 9.16. The molecule has 0 saturated heterocycles. The summed E-state index contributed by atoms with van der Waals surface area (Å²) in [4.78, 5) is 0. The van der Waals surface area contributed by atoms with E-state index in [1.165, 1.54) is 0 Å². The smallest absolute Gasteiger partial charge is 0.160 e. The maximum absolute atomic E-state index is 5.98. The molecule has 108 valence electrons. The van der Waals surface area contributed by atoms with Gasteiger partial charge in [0.05, 0.1) is 5.60 Å². The zero-order chi connectivity index (χ0) is 14.1. The predicted octanol–water partition coefficient (Wildman–Crippen LogP) is 3.73. The first-order valence-corrected chi connectivity index (χ1v) is 7.09. The quantitative estimate of drug-likeness (QED) is 0.637. The lowest BCUT2D eigenvalue weighted by molar-refractivity contribution is -0.178. The van der Waals surface area contributed by atoms with Gasteiger partial charge in [-0.05, 0) is 33.3 Å². The van der Waals surface area contributed by atoms with Gasteiger partial charge in [-0.25, -0.2) is 0 Å². The highest BCUT2D eigenvalue weighted by Gasteiger charge is 2.31. The maximum atomic E-state index is 5.98. The third-order valence-electron chi connectivity index (χ3n) is 3.11. The summed E-state index contributed by atoms with van der Waals surface area (Å²) >= 11 is 0. The molecule has 0 aromatic heterocycles. The number of hydrogen-bond donors (Lipinski definition) is 0. The number of hydrogen-bond acceptors (Lipinski definition) is 3. The van der Waals surface area contributed by atoms with Crippen molar-refractivity contribution in [3.8, 4) is 0 Å². The summed E-state index contributed by atoms with van der Waals surface area (Å²) in [6, 6.07) is 10.2. The van der Waals surface area contributed by atoms with Crippen LogP contribution in [0.15, 0.2) is 30.3 Å². The van der Waals surface area contributed by atoms with Gasteiger partial charge in [-0.15, -0.1) is 0 Å². The van der Waals surface area contributed by atoms with Crippen molar-refractivity contribution in [2.24, 2.45) is 0 Å². The van der Waals surface area contributed by atoms with Crippen molar-refractivity contribution in [2.45, 2.75) is 46.0 Å². The maximum Gasteiger partial charge on any atom is 0.160 e. The highest BCUT2D eigenvalue weighted by molar-refractivity contribution is 5.21. The van der Waals surface area contributed by atoms with Crippen molar-refractivity contribution in [2.75, 3.05) is 19.8 Å². The zero-order valence-corrected chi connectivity index (χ0v) is 12.5. The lowest BCUT2D eigenvalue weighted by atomic mass is 9.92. The predicted molar refractivity (Wildman–Crippen MR) is 77.1 cm³/mol. The largest absolute Gasteiger partial charge is 0.371 e. The van der Waals surface area contributed by atoms with Gasteiger partial charge in [0.1, 0.15) is 0 Å². The van der Waals surface area contributed by atoms with Crippen molar-refractivity contribution >= 4 is 0 Å². The minimum atomic E-state index is -0.384. The second kappa shape index (κ2) is 8.31. The third-order valence-corrected chi connectivity index (χ3v) is 3.11. The monoisotopic (exact) mass is 266 g/mol. The normalized spacial score (nSPS) is 14.6. The molecule has 0 saturated carbocycles. The molecule has 1 aromatic carbocycles. The second-order valence-electron chi connectivity index (χ2n) is 4.57. The third kappa shape index (κ3) is 4.94. The van der Waals surface area contributed by atoms with E-state index in [1.807, 2.05) is 39.0 Å². The summed E-state index contributed by atoms with van der Waals surface area (Å²) in [5.74, 6) is 0. The molecule has 0 amide bonds. The molecule has 0 spiro atoms. The Balaban J connectivity index is 2.85. The molecule has 0 radical (unpaired) electrons. The van der Waals surface area contributed by atoms with E-state index < -0.39 is 0 Å². The van der Waals surface area contributed by atoms with E-state index in [2.05, 4.69) is 19.1 Å². The molecule has 19 heavy (non-hydrogen) atoms. The van der Waals surface area contributed by atoms with Gasteiger partial charge in [0.25, 0.3) is 0 Å². The second-order valence-corrected chi connectivity index (χ2v) is 4.57. The van der Waals surface area contributed by atoms with Crippen molar-refractivity contribution < 1.29 is 14.2 Å². The molecule has 3 heteroatoms. The van der Waals surface area contributed by atoms with Crippen LogP contribution >= 0.6 is 0 Å². The van der Waals surface area contributed by atoms with Crippen LogP contribution in [-0.2, 0) is 19.8 Å². The summed E-state index contributed by atoms with van der Waals surface area (Å²) in [5.41, 5.74) is 0.770. The first kappa shape index (κ1) is 16.2. The minimum absolute atomic E-state index is 0.230. The summed E-state index contributed by atoms with van der Waals surface area (Å²) in [7, 11) is 0. The molecule has 0 aliphatic carbocycles. The van der Waals surface area contributed by atoms with Crippen molar-refractivity contribution in [1.29, 1.82) is 0 Å². The Hall–Kier alpha value is -0.900. The molecular weight excluding hydrogens is 240 g/mol. The Morgan fingerprint density at radius 1 is 0.947 bits per heavy atom.